The molecule has 5 heteroatoms. The van der Waals surface area contributed by atoms with Gasteiger partial charge in [0.2, 0.25) is 0 Å². The Morgan fingerprint density at radius 3 is 2.71 bits per heavy atom. The van der Waals surface area contributed by atoms with Crippen molar-refractivity contribution in [1.82, 2.24) is 9.55 Å². The van der Waals surface area contributed by atoms with Crippen LogP contribution in [-0.2, 0) is 13.0 Å². The minimum atomic E-state index is -0.393. The second kappa shape index (κ2) is 4.86. The summed E-state index contributed by atoms with van der Waals surface area (Å²) in [7, 11) is 0. The summed E-state index contributed by atoms with van der Waals surface area (Å²) in [5.74, 6) is -0.393. The van der Waals surface area contributed by atoms with Crippen molar-refractivity contribution in [3.8, 4) is 0 Å². The number of aromatic nitrogens is 2. The van der Waals surface area contributed by atoms with E-state index in [1.165, 1.54) is 6.07 Å². The third kappa shape index (κ3) is 2.55. The number of anilines is 2. The Kier molecular flexibility index (Phi) is 3.27. The Balaban J connectivity index is 2.01. The normalized spacial score (nSPS) is 10.6. The summed E-state index contributed by atoms with van der Waals surface area (Å²) in [6.07, 6.45) is 6.69. The highest BCUT2D eigenvalue weighted by atomic mass is 19.1. The summed E-state index contributed by atoms with van der Waals surface area (Å²) in [6, 6.07) is 3.13. The minimum Gasteiger partial charge on any atom is -0.398 e. The van der Waals surface area contributed by atoms with E-state index in [1.54, 1.807) is 18.6 Å². The van der Waals surface area contributed by atoms with Gasteiger partial charge in [0.1, 0.15) is 0 Å². The van der Waals surface area contributed by atoms with Crippen molar-refractivity contribution in [2.24, 2.45) is 0 Å². The lowest BCUT2D eigenvalue weighted by atomic mass is 10.1. The van der Waals surface area contributed by atoms with Crippen LogP contribution >= 0.6 is 0 Å². The zero-order valence-corrected chi connectivity index (χ0v) is 9.44. The molecule has 0 bridgehead atoms. The molecule has 0 fully saturated rings. The number of aryl methyl sites for hydroxylation is 1. The fraction of sp³-hybridized carbons (Fsp3) is 0.250. The molecular formula is C12H15FN4. The predicted molar refractivity (Wildman–Crippen MR) is 65.8 cm³/mol. The minimum absolute atomic E-state index is 0.150. The van der Waals surface area contributed by atoms with E-state index in [4.69, 9.17) is 11.5 Å². The van der Waals surface area contributed by atoms with Gasteiger partial charge < -0.3 is 16.0 Å². The van der Waals surface area contributed by atoms with Crippen LogP contribution in [0.3, 0.4) is 0 Å². The van der Waals surface area contributed by atoms with Gasteiger partial charge in [0, 0.05) is 30.2 Å². The molecule has 1 heterocycles. The van der Waals surface area contributed by atoms with E-state index in [9.17, 15) is 4.39 Å². The first kappa shape index (κ1) is 11.4. The van der Waals surface area contributed by atoms with Gasteiger partial charge >= 0.3 is 0 Å². The molecule has 1 aromatic carbocycles. The molecule has 0 spiro atoms. The monoisotopic (exact) mass is 234 g/mol. The second-order valence-electron chi connectivity index (χ2n) is 3.94. The van der Waals surface area contributed by atoms with Gasteiger partial charge in [-0.25, -0.2) is 9.37 Å². The fourth-order valence-corrected chi connectivity index (χ4v) is 1.77. The van der Waals surface area contributed by atoms with Crippen LogP contribution < -0.4 is 11.5 Å². The van der Waals surface area contributed by atoms with Crippen LogP contribution in [-0.4, -0.2) is 9.55 Å². The van der Waals surface area contributed by atoms with Gasteiger partial charge in [-0.3, -0.25) is 0 Å². The van der Waals surface area contributed by atoms with E-state index < -0.39 is 5.82 Å². The summed E-state index contributed by atoms with van der Waals surface area (Å²) in [4.78, 5) is 3.94. The molecule has 90 valence electrons. The molecule has 17 heavy (non-hydrogen) atoms. The average Bonchev–Trinajstić information content (AvgIpc) is 2.81. The zero-order chi connectivity index (χ0) is 12.3. The highest BCUT2D eigenvalue weighted by Gasteiger charge is 2.09. The van der Waals surface area contributed by atoms with Crippen molar-refractivity contribution in [3.63, 3.8) is 0 Å². The number of benzene rings is 1. The van der Waals surface area contributed by atoms with Crippen molar-refractivity contribution in [2.75, 3.05) is 11.5 Å². The number of hydrogen-bond acceptors (Lipinski definition) is 3. The number of nitrogen functional groups attached to an aromatic ring is 2. The predicted octanol–water partition coefficient (Wildman–Crippen LogP) is 1.82. The van der Waals surface area contributed by atoms with E-state index in [1.807, 2.05) is 10.8 Å². The molecule has 0 unspecified atom stereocenters. The molecule has 0 aliphatic heterocycles. The van der Waals surface area contributed by atoms with Gasteiger partial charge in [0.15, 0.2) is 5.82 Å². The molecule has 0 amide bonds. The molecule has 4 nitrogen and oxygen atoms in total. The van der Waals surface area contributed by atoms with Gasteiger partial charge in [-0.15, -0.1) is 0 Å². The van der Waals surface area contributed by atoms with Gasteiger partial charge in [-0.2, -0.15) is 0 Å². The van der Waals surface area contributed by atoms with Crippen LogP contribution in [0.15, 0.2) is 30.9 Å². The number of nitrogens with zero attached hydrogens (tertiary/aromatic N) is 2. The van der Waals surface area contributed by atoms with Crippen LogP contribution in [0.1, 0.15) is 12.0 Å². The van der Waals surface area contributed by atoms with E-state index in [0.29, 0.717) is 17.7 Å². The third-order valence-corrected chi connectivity index (χ3v) is 2.71. The lowest BCUT2D eigenvalue weighted by Gasteiger charge is -2.09. The summed E-state index contributed by atoms with van der Waals surface area (Å²) < 4.78 is 15.6. The molecule has 0 saturated carbocycles. The number of nitrogens with two attached hydrogens (primary N) is 2. The highest BCUT2D eigenvalue weighted by molar-refractivity contribution is 5.56. The van der Waals surface area contributed by atoms with E-state index in [2.05, 4.69) is 4.98 Å². The standard InChI is InChI=1S/C12H15FN4/c13-12-9(10(14)3-4-11(12)15)2-1-6-17-7-5-16-8-17/h3-5,7-8H,1-2,6,14-15H2. The molecule has 1 aromatic heterocycles. The van der Waals surface area contributed by atoms with Crippen molar-refractivity contribution in [2.45, 2.75) is 19.4 Å². The molecule has 0 atom stereocenters. The van der Waals surface area contributed by atoms with Gasteiger partial charge in [-0.05, 0) is 25.0 Å². The molecule has 0 radical (unpaired) electrons. The van der Waals surface area contributed by atoms with Crippen molar-refractivity contribution < 1.29 is 4.39 Å². The van der Waals surface area contributed by atoms with Crippen molar-refractivity contribution in [1.29, 1.82) is 0 Å². The Labute approximate surface area is 99.1 Å². The molecule has 0 aliphatic rings. The fourth-order valence-electron chi connectivity index (χ4n) is 1.77. The summed E-state index contributed by atoms with van der Waals surface area (Å²) in [5, 5.41) is 0. The topological polar surface area (TPSA) is 69.9 Å². The number of imidazole rings is 1. The maximum atomic E-state index is 13.7. The first-order chi connectivity index (χ1) is 8.18. The van der Waals surface area contributed by atoms with E-state index in [0.717, 1.165) is 13.0 Å². The number of hydrogen-bond donors (Lipinski definition) is 2. The molecule has 2 aromatic rings. The van der Waals surface area contributed by atoms with Crippen LogP contribution in [0, 0.1) is 5.82 Å². The van der Waals surface area contributed by atoms with Crippen LogP contribution in [0.4, 0.5) is 15.8 Å². The van der Waals surface area contributed by atoms with Crippen molar-refractivity contribution in [3.05, 3.63) is 42.2 Å². The highest BCUT2D eigenvalue weighted by Crippen LogP contribution is 2.22. The largest absolute Gasteiger partial charge is 0.398 e. The molecule has 2 rings (SSSR count). The van der Waals surface area contributed by atoms with Crippen molar-refractivity contribution >= 4 is 11.4 Å². The Bertz CT molecular complexity index is 493. The van der Waals surface area contributed by atoms with E-state index in [-0.39, 0.29) is 5.69 Å². The smallest absolute Gasteiger partial charge is 0.151 e. The SMILES string of the molecule is Nc1ccc(N)c(CCCn2ccnc2)c1F. The molecule has 0 aliphatic carbocycles. The van der Waals surface area contributed by atoms with E-state index >= 15 is 0 Å². The van der Waals surface area contributed by atoms with Crippen LogP contribution in [0.2, 0.25) is 0 Å². The lowest BCUT2D eigenvalue weighted by Crippen LogP contribution is -2.04. The quantitative estimate of drug-likeness (QED) is 0.793. The molecule has 4 N–H and O–H groups in total. The maximum Gasteiger partial charge on any atom is 0.151 e. The first-order valence-electron chi connectivity index (χ1n) is 5.46. The summed E-state index contributed by atoms with van der Waals surface area (Å²) in [5.41, 5.74) is 12.4. The summed E-state index contributed by atoms with van der Waals surface area (Å²) in [6.45, 7) is 0.785. The average molecular weight is 234 g/mol. The Morgan fingerprint density at radius 2 is 2.00 bits per heavy atom. The molecule has 0 saturated heterocycles. The van der Waals surface area contributed by atoms with Gasteiger partial charge in [0.25, 0.3) is 0 Å². The first-order valence-corrected chi connectivity index (χ1v) is 5.46. The molecular weight excluding hydrogens is 219 g/mol. The van der Waals surface area contributed by atoms with Gasteiger partial charge in [0.05, 0.1) is 12.0 Å². The van der Waals surface area contributed by atoms with Gasteiger partial charge in [-0.1, -0.05) is 0 Å². The van der Waals surface area contributed by atoms with Crippen LogP contribution in [0.25, 0.3) is 0 Å². The summed E-state index contributed by atoms with van der Waals surface area (Å²) >= 11 is 0. The second-order valence-corrected chi connectivity index (χ2v) is 3.94. The lowest BCUT2D eigenvalue weighted by molar-refractivity contribution is 0.591. The zero-order valence-electron chi connectivity index (χ0n) is 9.44. The number of rotatable bonds is 4. The maximum absolute atomic E-state index is 13.7. The Hall–Kier alpha value is -2.04. The third-order valence-electron chi connectivity index (χ3n) is 2.71. The number of halogens is 1. The Morgan fingerprint density at radius 1 is 1.24 bits per heavy atom. The van der Waals surface area contributed by atoms with Crippen LogP contribution in [0.5, 0.6) is 0 Å².